The number of aryl methyl sites for hydroxylation is 1. The van der Waals surface area contributed by atoms with Crippen molar-refractivity contribution < 1.29 is 39.5 Å². The molecule has 0 aliphatic rings. The predicted molar refractivity (Wildman–Crippen MR) is 98.3 cm³/mol. The average Bonchev–Trinajstić information content (AvgIpc) is 3.12. The van der Waals surface area contributed by atoms with Crippen LogP contribution in [0.2, 0.25) is 0 Å². The van der Waals surface area contributed by atoms with Gasteiger partial charge in [-0.25, -0.2) is 9.67 Å². The molecule has 0 saturated carbocycles. The number of hydrogen-bond donors (Lipinski definition) is 0. The summed E-state index contributed by atoms with van der Waals surface area (Å²) in [6.45, 7) is 1.52. The average molecular weight is 485 g/mol. The van der Waals surface area contributed by atoms with E-state index in [1.54, 1.807) is 0 Å². The highest BCUT2D eigenvalue weighted by Gasteiger charge is 2.40. The van der Waals surface area contributed by atoms with Crippen molar-refractivity contribution in [3.05, 3.63) is 59.4 Å². The maximum atomic E-state index is 13.6. The summed E-state index contributed by atoms with van der Waals surface area (Å²) in [5.41, 5.74) is -2.85. The Labute approximate surface area is 179 Å². The van der Waals surface area contributed by atoms with Crippen LogP contribution in [0.25, 0.3) is 17.1 Å². The first kappa shape index (κ1) is 24.0. The summed E-state index contributed by atoms with van der Waals surface area (Å²) in [7, 11) is 0. The molecule has 172 valence electrons. The first-order valence-electron chi connectivity index (χ1n) is 8.67. The van der Waals surface area contributed by atoms with Crippen molar-refractivity contribution in [2.24, 2.45) is 0 Å². The van der Waals surface area contributed by atoms with Gasteiger partial charge in [0.2, 0.25) is 0 Å². The number of alkyl halides is 9. The van der Waals surface area contributed by atoms with E-state index in [0.29, 0.717) is 29.5 Å². The Balaban J connectivity index is 2.14. The minimum Gasteiger partial charge on any atom is -0.237 e. The molecule has 32 heavy (non-hydrogen) atoms. The molecule has 0 atom stereocenters. The highest BCUT2D eigenvalue weighted by molar-refractivity contribution is 7.99. The molecule has 0 aliphatic heterocycles. The van der Waals surface area contributed by atoms with E-state index in [1.807, 2.05) is 0 Å². The van der Waals surface area contributed by atoms with Crippen molar-refractivity contribution in [3.63, 3.8) is 0 Å². The van der Waals surface area contributed by atoms with Gasteiger partial charge in [0.25, 0.3) is 0 Å². The topological polar surface area (TPSA) is 30.7 Å². The molecule has 2 aromatic heterocycles. The molecular formula is C19H12F9N3S. The molecule has 0 aliphatic carbocycles. The Hall–Kier alpha value is -2.70. The third-order valence-corrected chi connectivity index (χ3v) is 5.39. The van der Waals surface area contributed by atoms with Crippen molar-refractivity contribution in [2.75, 3.05) is 5.75 Å². The van der Waals surface area contributed by atoms with Gasteiger partial charge >= 0.3 is 18.5 Å². The summed E-state index contributed by atoms with van der Waals surface area (Å²) >= 11 is 0.439. The van der Waals surface area contributed by atoms with Gasteiger partial charge in [-0.3, -0.25) is 0 Å². The molecule has 3 nitrogen and oxygen atoms in total. The van der Waals surface area contributed by atoms with Crippen LogP contribution in [-0.2, 0) is 12.4 Å². The summed E-state index contributed by atoms with van der Waals surface area (Å²) in [4.78, 5) is 3.59. The molecule has 0 bridgehead atoms. The van der Waals surface area contributed by atoms with Crippen LogP contribution in [0.4, 0.5) is 39.5 Å². The van der Waals surface area contributed by atoms with Gasteiger partial charge in [0.05, 0.1) is 11.4 Å². The van der Waals surface area contributed by atoms with E-state index in [0.717, 1.165) is 12.3 Å². The Morgan fingerprint density at radius 3 is 2.19 bits per heavy atom. The standard InChI is InChI=1S/C19H12F9N3S/c1-10-4-5-11(7-14(10)32-9-17(20,21)22)13-8-15(19(26,27)28)31(30-13)16-12(18(23,24)25)3-2-6-29-16/h2-8H,9H2,1H3. The minimum absolute atomic E-state index is 0.00835. The fourth-order valence-electron chi connectivity index (χ4n) is 2.75. The monoisotopic (exact) mass is 485 g/mol. The maximum Gasteiger partial charge on any atom is 0.433 e. The van der Waals surface area contributed by atoms with Crippen molar-refractivity contribution in [2.45, 2.75) is 30.3 Å². The Morgan fingerprint density at radius 2 is 1.59 bits per heavy atom. The number of nitrogens with zero attached hydrogens (tertiary/aromatic N) is 3. The number of thioether (sulfide) groups is 1. The van der Waals surface area contributed by atoms with Gasteiger partial charge in [0, 0.05) is 16.7 Å². The Kier molecular flexibility index (Phi) is 6.24. The van der Waals surface area contributed by atoms with E-state index in [1.165, 1.54) is 25.1 Å². The third-order valence-electron chi connectivity index (χ3n) is 4.17. The normalized spacial score (nSPS) is 12.9. The van der Waals surface area contributed by atoms with Crippen molar-refractivity contribution in [3.8, 4) is 17.1 Å². The molecule has 2 heterocycles. The Bertz CT molecular complexity index is 1110. The van der Waals surface area contributed by atoms with Gasteiger partial charge in [0.1, 0.15) is 5.56 Å². The van der Waals surface area contributed by atoms with Crippen LogP contribution in [0, 0.1) is 6.92 Å². The van der Waals surface area contributed by atoms with E-state index in [2.05, 4.69) is 10.1 Å². The number of pyridine rings is 1. The third kappa shape index (κ3) is 5.37. The van der Waals surface area contributed by atoms with Crippen molar-refractivity contribution >= 4 is 11.8 Å². The van der Waals surface area contributed by atoms with E-state index in [4.69, 9.17) is 0 Å². The summed E-state index contributed by atoms with van der Waals surface area (Å²) in [6, 6.07) is 5.94. The van der Waals surface area contributed by atoms with E-state index < -0.39 is 41.4 Å². The Morgan fingerprint density at radius 1 is 0.906 bits per heavy atom. The van der Waals surface area contributed by atoms with E-state index in [-0.39, 0.29) is 20.8 Å². The first-order chi connectivity index (χ1) is 14.7. The number of rotatable bonds is 4. The van der Waals surface area contributed by atoms with Gasteiger partial charge < -0.3 is 0 Å². The molecule has 0 N–H and O–H groups in total. The number of hydrogen-bond acceptors (Lipinski definition) is 3. The molecule has 1 aromatic carbocycles. The predicted octanol–water partition coefficient (Wildman–Crippen LogP) is 6.93. The van der Waals surface area contributed by atoms with Crippen LogP contribution in [0.3, 0.4) is 0 Å². The van der Waals surface area contributed by atoms with Gasteiger partial charge in [-0.2, -0.15) is 44.6 Å². The highest BCUT2D eigenvalue weighted by atomic mass is 32.2. The maximum absolute atomic E-state index is 13.6. The largest absolute Gasteiger partial charge is 0.433 e. The fourth-order valence-corrected chi connectivity index (χ4v) is 3.57. The van der Waals surface area contributed by atoms with E-state index in [9.17, 15) is 39.5 Å². The fraction of sp³-hybridized carbons (Fsp3) is 0.263. The van der Waals surface area contributed by atoms with Crippen LogP contribution >= 0.6 is 11.8 Å². The molecule has 0 radical (unpaired) electrons. The second kappa shape index (κ2) is 8.34. The molecule has 0 spiro atoms. The lowest BCUT2D eigenvalue weighted by molar-refractivity contribution is -0.145. The summed E-state index contributed by atoms with van der Waals surface area (Å²) in [6.07, 6.45) is -13.6. The summed E-state index contributed by atoms with van der Waals surface area (Å²) < 4.78 is 118. The van der Waals surface area contributed by atoms with Crippen LogP contribution in [0.15, 0.2) is 47.5 Å². The highest BCUT2D eigenvalue weighted by Crippen LogP contribution is 2.39. The lowest BCUT2D eigenvalue weighted by atomic mass is 10.1. The van der Waals surface area contributed by atoms with Gasteiger partial charge in [-0.1, -0.05) is 12.1 Å². The molecule has 0 amide bonds. The quantitative estimate of drug-likeness (QED) is 0.297. The zero-order chi connectivity index (χ0) is 23.9. The number of halogens is 9. The molecule has 0 saturated heterocycles. The number of benzene rings is 1. The zero-order valence-corrected chi connectivity index (χ0v) is 16.7. The van der Waals surface area contributed by atoms with Gasteiger partial charge in [-0.05, 0) is 36.8 Å². The second-order valence-corrected chi connectivity index (χ2v) is 7.60. The van der Waals surface area contributed by atoms with Crippen molar-refractivity contribution in [1.82, 2.24) is 14.8 Å². The van der Waals surface area contributed by atoms with Crippen LogP contribution in [0.5, 0.6) is 0 Å². The molecule has 0 fully saturated rings. The second-order valence-electron chi connectivity index (χ2n) is 6.58. The number of aromatic nitrogens is 3. The van der Waals surface area contributed by atoms with Crippen LogP contribution in [-0.4, -0.2) is 26.7 Å². The molecule has 3 rings (SSSR count). The van der Waals surface area contributed by atoms with Crippen LogP contribution in [0.1, 0.15) is 16.8 Å². The smallest absolute Gasteiger partial charge is 0.237 e. The van der Waals surface area contributed by atoms with Gasteiger partial charge in [0.15, 0.2) is 11.5 Å². The van der Waals surface area contributed by atoms with Gasteiger partial charge in [-0.15, -0.1) is 11.8 Å². The SMILES string of the molecule is Cc1ccc(-c2cc(C(F)(F)F)n(-c3ncccc3C(F)(F)F)n2)cc1SCC(F)(F)F. The molecular weight excluding hydrogens is 473 g/mol. The summed E-state index contributed by atoms with van der Waals surface area (Å²) in [5.74, 6) is -2.29. The molecule has 13 heteroatoms. The lowest BCUT2D eigenvalue weighted by Crippen LogP contribution is -2.18. The summed E-state index contributed by atoms with van der Waals surface area (Å²) in [5, 5.41) is 3.67. The zero-order valence-electron chi connectivity index (χ0n) is 15.9. The van der Waals surface area contributed by atoms with Crippen molar-refractivity contribution in [1.29, 1.82) is 0 Å². The minimum atomic E-state index is -5.08. The molecule has 3 aromatic rings. The molecule has 0 unspecified atom stereocenters. The first-order valence-corrected chi connectivity index (χ1v) is 9.66. The van der Waals surface area contributed by atoms with Crippen LogP contribution < -0.4 is 0 Å². The lowest BCUT2D eigenvalue weighted by Gasteiger charge is -2.14. The van der Waals surface area contributed by atoms with E-state index >= 15 is 0 Å².